The Labute approximate surface area is 144 Å². The molecular weight excluding hydrogens is 292 g/mol. The maximum absolute atomic E-state index is 4.91. The average molecular weight is 316 g/mol. The Morgan fingerprint density at radius 2 is 1.75 bits per heavy atom. The summed E-state index contributed by atoms with van der Waals surface area (Å²) < 4.78 is 0. The number of aromatic nitrogens is 2. The van der Waals surface area contributed by atoms with Gasteiger partial charge in [-0.25, -0.2) is 9.97 Å². The highest BCUT2D eigenvalue weighted by Crippen LogP contribution is 2.35. The molecule has 0 aliphatic heterocycles. The normalized spacial score (nSPS) is 15.3. The summed E-state index contributed by atoms with van der Waals surface area (Å²) in [7, 11) is 0. The fourth-order valence-corrected chi connectivity index (χ4v) is 3.96. The molecule has 0 unspecified atom stereocenters. The lowest BCUT2D eigenvalue weighted by Crippen LogP contribution is -1.97. The van der Waals surface area contributed by atoms with Gasteiger partial charge in [0.1, 0.15) is 0 Å². The van der Waals surface area contributed by atoms with E-state index in [1.165, 1.54) is 47.9 Å². The first-order valence-corrected chi connectivity index (χ1v) is 8.97. The van der Waals surface area contributed by atoms with E-state index in [-0.39, 0.29) is 0 Å². The number of fused-ring (bicyclic) bond motifs is 1. The number of nitrogens with zero attached hydrogens (tertiary/aromatic N) is 2. The second-order valence-corrected chi connectivity index (χ2v) is 7.25. The van der Waals surface area contributed by atoms with Gasteiger partial charge in [0, 0.05) is 17.1 Å². The summed E-state index contributed by atoms with van der Waals surface area (Å²) in [5.41, 5.74) is 7.50. The van der Waals surface area contributed by atoms with Crippen molar-refractivity contribution in [3.63, 3.8) is 0 Å². The fourth-order valence-electron chi connectivity index (χ4n) is 3.96. The Balaban J connectivity index is 1.82. The van der Waals surface area contributed by atoms with E-state index in [2.05, 4.69) is 56.1 Å². The maximum atomic E-state index is 4.91. The van der Waals surface area contributed by atoms with Gasteiger partial charge in [-0.3, -0.25) is 0 Å². The number of rotatable bonds is 2. The first kappa shape index (κ1) is 15.3. The van der Waals surface area contributed by atoms with Crippen molar-refractivity contribution in [3.8, 4) is 11.4 Å². The summed E-state index contributed by atoms with van der Waals surface area (Å²) >= 11 is 0. The molecule has 24 heavy (non-hydrogen) atoms. The van der Waals surface area contributed by atoms with E-state index in [4.69, 9.17) is 4.98 Å². The van der Waals surface area contributed by atoms with Crippen molar-refractivity contribution in [1.29, 1.82) is 0 Å². The van der Waals surface area contributed by atoms with Crippen LogP contribution in [0.25, 0.3) is 22.3 Å². The van der Waals surface area contributed by atoms with Crippen LogP contribution in [0.1, 0.15) is 53.9 Å². The molecular formula is C22H24N2. The molecule has 2 nitrogen and oxygen atoms in total. The standard InChI is InChI=1S/C22H24N2/c1-14-10-15(2)16(3)20(11-14)22-23-13-19-9-8-18(12-21(19)24-22)17-6-4-5-7-17/h8-13,17H,4-7H2,1-3H3. The monoisotopic (exact) mass is 316 g/mol. The molecule has 2 aromatic carbocycles. The molecule has 1 saturated carbocycles. The van der Waals surface area contributed by atoms with Gasteiger partial charge >= 0.3 is 0 Å². The van der Waals surface area contributed by atoms with Crippen LogP contribution in [0.4, 0.5) is 0 Å². The minimum atomic E-state index is 0.718. The summed E-state index contributed by atoms with van der Waals surface area (Å²) in [6.07, 6.45) is 7.32. The second kappa shape index (κ2) is 6.01. The lowest BCUT2D eigenvalue weighted by atomic mass is 9.96. The van der Waals surface area contributed by atoms with Crippen LogP contribution in [0.2, 0.25) is 0 Å². The van der Waals surface area contributed by atoms with Crippen LogP contribution in [0.5, 0.6) is 0 Å². The molecule has 0 saturated heterocycles. The topological polar surface area (TPSA) is 25.8 Å². The van der Waals surface area contributed by atoms with Crippen LogP contribution < -0.4 is 0 Å². The minimum absolute atomic E-state index is 0.718. The first-order chi connectivity index (χ1) is 11.6. The summed E-state index contributed by atoms with van der Waals surface area (Å²) in [5.74, 6) is 1.56. The zero-order valence-electron chi connectivity index (χ0n) is 14.8. The number of hydrogen-bond acceptors (Lipinski definition) is 2. The Kier molecular flexibility index (Phi) is 3.84. The molecule has 2 heteroatoms. The van der Waals surface area contributed by atoms with Gasteiger partial charge in [0.2, 0.25) is 0 Å². The third-order valence-corrected chi connectivity index (χ3v) is 5.49. The van der Waals surface area contributed by atoms with E-state index in [1.807, 2.05) is 6.20 Å². The molecule has 0 bridgehead atoms. The highest BCUT2D eigenvalue weighted by molar-refractivity contribution is 5.81. The molecule has 1 aliphatic carbocycles. The van der Waals surface area contributed by atoms with E-state index < -0.39 is 0 Å². The number of benzene rings is 2. The summed E-state index contributed by atoms with van der Waals surface area (Å²) in [6, 6.07) is 11.2. The van der Waals surface area contributed by atoms with Gasteiger partial charge in [0.15, 0.2) is 5.82 Å². The first-order valence-electron chi connectivity index (χ1n) is 8.97. The van der Waals surface area contributed by atoms with Gasteiger partial charge in [-0.15, -0.1) is 0 Å². The van der Waals surface area contributed by atoms with Crippen LogP contribution >= 0.6 is 0 Å². The third-order valence-electron chi connectivity index (χ3n) is 5.49. The molecule has 0 amide bonds. The summed E-state index contributed by atoms with van der Waals surface area (Å²) in [6.45, 7) is 6.45. The van der Waals surface area contributed by atoms with E-state index >= 15 is 0 Å². The molecule has 1 fully saturated rings. The molecule has 0 N–H and O–H groups in total. The van der Waals surface area contributed by atoms with Crippen molar-refractivity contribution in [2.75, 3.05) is 0 Å². The van der Waals surface area contributed by atoms with Crippen LogP contribution in [-0.2, 0) is 0 Å². The summed E-state index contributed by atoms with van der Waals surface area (Å²) in [5, 5.41) is 1.13. The van der Waals surface area contributed by atoms with E-state index in [1.54, 1.807) is 0 Å². The van der Waals surface area contributed by atoms with Gasteiger partial charge in [0.25, 0.3) is 0 Å². The highest BCUT2D eigenvalue weighted by atomic mass is 14.9. The second-order valence-electron chi connectivity index (χ2n) is 7.25. The molecule has 3 aromatic rings. The number of aryl methyl sites for hydroxylation is 2. The maximum Gasteiger partial charge on any atom is 0.160 e. The van der Waals surface area contributed by atoms with E-state index in [0.717, 1.165) is 28.2 Å². The fraction of sp³-hybridized carbons (Fsp3) is 0.364. The Bertz CT molecular complexity index is 905. The highest BCUT2D eigenvalue weighted by Gasteiger charge is 2.17. The zero-order valence-corrected chi connectivity index (χ0v) is 14.8. The molecule has 4 rings (SSSR count). The number of hydrogen-bond donors (Lipinski definition) is 0. The largest absolute Gasteiger partial charge is 0.236 e. The minimum Gasteiger partial charge on any atom is -0.236 e. The van der Waals surface area contributed by atoms with Gasteiger partial charge < -0.3 is 0 Å². The van der Waals surface area contributed by atoms with Crippen molar-refractivity contribution >= 4 is 10.9 Å². The van der Waals surface area contributed by atoms with E-state index in [9.17, 15) is 0 Å². The molecule has 1 aliphatic rings. The van der Waals surface area contributed by atoms with Crippen LogP contribution in [-0.4, -0.2) is 9.97 Å². The molecule has 122 valence electrons. The SMILES string of the molecule is Cc1cc(C)c(C)c(-c2ncc3ccc(C4CCCC4)cc3n2)c1. The van der Waals surface area contributed by atoms with Crippen molar-refractivity contribution in [2.24, 2.45) is 0 Å². The zero-order chi connectivity index (χ0) is 16.7. The molecule has 1 aromatic heterocycles. The van der Waals surface area contributed by atoms with Gasteiger partial charge in [-0.1, -0.05) is 36.6 Å². The van der Waals surface area contributed by atoms with Crippen LogP contribution in [0.3, 0.4) is 0 Å². The van der Waals surface area contributed by atoms with Gasteiger partial charge in [-0.05, 0) is 68.4 Å². The Morgan fingerprint density at radius 1 is 0.958 bits per heavy atom. The third kappa shape index (κ3) is 2.71. The smallest absolute Gasteiger partial charge is 0.160 e. The molecule has 0 spiro atoms. The Hall–Kier alpha value is -2.22. The summed E-state index contributed by atoms with van der Waals surface area (Å²) in [4.78, 5) is 9.55. The van der Waals surface area contributed by atoms with Gasteiger partial charge in [0.05, 0.1) is 5.52 Å². The van der Waals surface area contributed by atoms with Crippen LogP contribution in [0, 0.1) is 20.8 Å². The van der Waals surface area contributed by atoms with Crippen LogP contribution in [0.15, 0.2) is 36.5 Å². The van der Waals surface area contributed by atoms with Crippen molar-refractivity contribution in [2.45, 2.75) is 52.4 Å². The molecule has 1 heterocycles. The predicted octanol–water partition coefficient (Wildman–Crippen LogP) is 5.88. The van der Waals surface area contributed by atoms with E-state index in [0.29, 0.717) is 0 Å². The van der Waals surface area contributed by atoms with Gasteiger partial charge in [-0.2, -0.15) is 0 Å². The lowest BCUT2D eigenvalue weighted by Gasteiger charge is -2.12. The molecule has 0 radical (unpaired) electrons. The molecule has 0 atom stereocenters. The quantitative estimate of drug-likeness (QED) is 0.590. The lowest BCUT2D eigenvalue weighted by molar-refractivity contribution is 0.724. The predicted molar refractivity (Wildman–Crippen MR) is 100 cm³/mol. The van der Waals surface area contributed by atoms with Crippen molar-refractivity contribution < 1.29 is 0 Å². The van der Waals surface area contributed by atoms with Crippen molar-refractivity contribution in [1.82, 2.24) is 9.97 Å². The van der Waals surface area contributed by atoms with Crippen molar-refractivity contribution in [3.05, 3.63) is 58.8 Å². The Morgan fingerprint density at radius 3 is 2.54 bits per heavy atom. The average Bonchev–Trinajstić information content (AvgIpc) is 3.11.